The zero-order chi connectivity index (χ0) is 14.2. The maximum atomic E-state index is 6.64. The normalized spacial score (nSPS) is 17.6. The minimum absolute atomic E-state index is 0.293. The Balaban J connectivity index is 2.74. The zero-order valence-corrected chi connectivity index (χ0v) is 13.7. The van der Waals surface area contributed by atoms with Crippen LogP contribution in [0.4, 0.5) is 0 Å². The Morgan fingerprint density at radius 2 is 1.53 bits per heavy atom. The van der Waals surface area contributed by atoms with Crippen LogP contribution in [0.1, 0.15) is 42.4 Å². The first-order valence-electron chi connectivity index (χ1n) is 6.66. The fourth-order valence-corrected chi connectivity index (χ4v) is 3.62. The average Bonchev–Trinajstić information content (AvgIpc) is 2.83. The standard InChI is InChI=1S/C15H22BrNO2/c1-9-11(15(17)7-5-6-8-15)14(19-4)13(18-3)10(2)12(9)16/h5-8,17H2,1-4H3. The van der Waals surface area contributed by atoms with Gasteiger partial charge in [-0.05, 0) is 32.3 Å². The van der Waals surface area contributed by atoms with Gasteiger partial charge in [0, 0.05) is 21.1 Å². The number of hydrogen-bond acceptors (Lipinski definition) is 3. The van der Waals surface area contributed by atoms with Crippen molar-refractivity contribution in [3.8, 4) is 11.5 Å². The van der Waals surface area contributed by atoms with Gasteiger partial charge in [-0.15, -0.1) is 0 Å². The summed E-state index contributed by atoms with van der Waals surface area (Å²) >= 11 is 3.67. The summed E-state index contributed by atoms with van der Waals surface area (Å²) in [6, 6.07) is 0. The fourth-order valence-electron chi connectivity index (χ4n) is 3.24. The third kappa shape index (κ3) is 2.25. The van der Waals surface area contributed by atoms with Crippen molar-refractivity contribution >= 4 is 15.9 Å². The molecule has 4 heteroatoms. The Hall–Kier alpha value is -0.740. The lowest BCUT2D eigenvalue weighted by atomic mass is 9.84. The van der Waals surface area contributed by atoms with Crippen molar-refractivity contribution in [3.05, 3.63) is 21.2 Å². The molecule has 0 aliphatic heterocycles. The van der Waals surface area contributed by atoms with Gasteiger partial charge < -0.3 is 15.2 Å². The van der Waals surface area contributed by atoms with E-state index in [2.05, 4.69) is 22.9 Å². The molecule has 1 aromatic rings. The van der Waals surface area contributed by atoms with E-state index in [0.29, 0.717) is 0 Å². The molecule has 19 heavy (non-hydrogen) atoms. The predicted molar refractivity (Wildman–Crippen MR) is 81.1 cm³/mol. The molecule has 0 heterocycles. The second-order valence-corrected chi connectivity index (χ2v) is 6.16. The van der Waals surface area contributed by atoms with Crippen molar-refractivity contribution in [2.75, 3.05) is 14.2 Å². The number of rotatable bonds is 3. The van der Waals surface area contributed by atoms with Crippen LogP contribution < -0.4 is 15.2 Å². The van der Waals surface area contributed by atoms with E-state index >= 15 is 0 Å². The SMILES string of the molecule is COc1c(C)c(Br)c(C)c(C2(N)CCCC2)c1OC. The van der Waals surface area contributed by atoms with Crippen molar-refractivity contribution in [1.29, 1.82) is 0 Å². The predicted octanol–water partition coefficient (Wildman–Crippen LogP) is 3.81. The highest BCUT2D eigenvalue weighted by Gasteiger charge is 2.37. The van der Waals surface area contributed by atoms with Crippen molar-refractivity contribution in [1.82, 2.24) is 0 Å². The van der Waals surface area contributed by atoms with Gasteiger partial charge in [-0.25, -0.2) is 0 Å². The Morgan fingerprint density at radius 1 is 1.00 bits per heavy atom. The molecule has 1 aromatic carbocycles. The minimum Gasteiger partial charge on any atom is -0.493 e. The third-order valence-electron chi connectivity index (χ3n) is 4.21. The van der Waals surface area contributed by atoms with Crippen LogP contribution in [0.2, 0.25) is 0 Å². The summed E-state index contributed by atoms with van der Waals surface area (Å²) in [6.45, 7) is 4.13. The molecule has 1 aliphatic rings. The number of halogens is 1. The minimum atomic E-state index is -0.293. The van der Waals surface area contributed by atoms with Gasteiger partial charge in [-0.1, -0.05) is 28.8 Å². The van der Waals surface area contributed by atoms with Crippen LogP contribution in [-0.2, 0) is 5.54 Å². The topological polar surface area (TPSA) is 44.5 Å². The summed E-state index contributed by atoms with van der Waals surface area (Å²) in [5.74, 6) is 1.58. The number of ether oxygens (including phenoxy) is 2. The van der Waals surface area contributed by atoms with Crippen LogP contribution >= 0.6 is 15.9 Å². The summed E-state index contributed by atoms with van der Waals surface area (Å²) < 4.78 is 12.2. The third-order valence-corrected chi connectivity index (χ3v) is 5.40. The fraction of sp³-hybridized carbons (Fsp3) is 0.600. The van der Waals surface area contributed by atoms with Crippen LogP contribution in [0.5, 0.6) is 11.5 Å². The summed E-state index contributed by atoms with van der Waals surface area (Å²) in [7, 11) is 3.36. The van der Waals surface area contributed by atoms with Crippen LogP contribution in [0.15, 0.2) is 4.47 Å². The van der Waals surface area contributed by atoms with E-state index in [1.807, 2.05) is 6.92 Å². The zero-order valence-electron chi connectivity index (χ0n) is 12.1. The molecule has 3 nitrogen and oxygen atoms in total. The number of methoxy groups -OCH3 is 2. The van der Waals surface area contributed by atoms with Gasteiger partial charge in [0.1, 0.15) is 0 Å². The molecule has 0 bridgehead atoms. The van der Waals surface area contributed by atoms with Gasteiger partial charge in [0.15, 0.2) is 11.5 Å². The molecule has 106 valence electrons. The van der Waals surface area contributed by atoms with E-state index in [4.69, 9.17) is 15.2 Å². The molecular formula is C15H22BrNO2. The average molecular weight is 328 g/mol. The first-order chi connectivity index (χ1) is 8.96. The first kappa shape index (κ1) is 14.7. The second kappa shape index (κ2) is 5.33. The summed E-state index contributed by atoms with van der Waals surface area (Å²) in [4.78, 5) is 0. The van der Waals surface area contributed by atoms with Crippen molar-refractivity contribution < 1.29 is 9.47 Å². The molecule has 2 N–H and O–H groups in total. The highest BCUT2D eigenvalue weighted by Crippen LogP contribution is 2.49. The smallest absolute Gasteiger partial charge is 0.166 e. The maximum Gasteiger partial charge on any atom is 0.166 e. The lowest BCUT2D eigenvalue weighted by molar-refractivity contribution is 0.334. The molecule has 0 spiro atoms. The Kier molecular flexibility index (Phi) is 4.11. The molecule has 0 radical (unpaired) electrons. The van der Waals surface area contributed by atoms with E-state index in [0.717, 1.165) is 39.9 Å². The van der Waals surface area contributed by atoms with Gasteiger partial charge in [0.05, 0.1) is 14.2 Å². The lowest BCUT2D eigenvalue weighted by Gasteiger charge is -2.30. The summed E-state index contributed by atoms with van der Waals surface area (Å²) in [5.41, 5.74) is 9.67. The van der Waals surface area contributed by atoms with Crippen molar-refractivity contribution in [3.63, 3.8) is 0 Å². The van der Waals surface area contributed by atoms with Gasteiger partial charge in [-0.2, -0.15) is 0 Å². The number of benzene rings is 1. The molecule has 1 saturated carbocycles. The Bertz CT molecular complexity index is 494. The maximum absolute atomic E-state index is 6.64. The monoisotopic (exact) mass is 327 g/mol. The van der Waals surface area contributed by atoms with Crippen LogP contribution in [-0.4, -0.2) is 14.2 Å². The molecule has 0 aromatic heterocycles. The molecule has 2 rings (SSSR count). The lowest BCUT2D eigenvalue weighted by Crippen LogP contribution is -2.34. The highest BCUT2D eigenvalue weighted by atomic mass is 79.9. The molecule has 0 unspecified atom stereocenters. The van der Waals surface area contributed by atoms with Crippen LogP contribution in [0.3, 0.4) is 0 Å². The van der Waals surface area contributed by atoms with Gasteiger partial charge in [0.25, 0.3) is 0 Å². The van der Waals surface area contributed by atoms with E-state index in [1.165, 1.54) is 18.4 Å². The Labute approximate surface area is 123 Å². The second-order valence-electron chi connectivity index (χ2n) is 5.37. The van der Waals surface area contributed by atoms with Crippen LogP contribution in [0, 0.1) is 13.8 Å². The molecule has 0 amide bonds. The molecule has 1 fully saturated rings. The highest BCUT2D eigenvalue weighted by molar-refractivity contribution is 9.10. The van der Waals surface area contributed by atoms with E-state index in [1.54, 1.807) is 14.2 Å². The molecule has 0 atom stereocenters. The quantitative estimate of drug-likeness (QED) is 0.918. The Morgan fingerprint density at radius 3 is 2.00 bits per heavy atom. The van der Waals surface area contributed by atoms with Crippen molar-refractivity contribution in [2.24, 2.45) is 5.73 Å². The molecular weight excluding hydrogens is 306 g/mol. The summed E-state index contributed by atoms with van der Waals surface area (Å²) in [6.07, 6.45) is 4.35. The molecule has 0 saturated heterocycles. The first-order valence-corrected chi connectivity index (χ1v) is 7.45. The van der Waals surface area contributed by atoms with E-state index in [-0.39, 0.29) is 5.54 Å². The van der Waals surface area contributed by atoms with Gasteiger partial charge in [0.2, 0.25) is 0 Å². The van der Waals surface area contributed by atoms with Gasteiger partial charge >= 0.3 is 0 Å². The molecule has 1 aliphatic carbocycles. The summed E-state index contributed by atoms with van der Waals surface area (Å²) in [5, 5.41) is 0. The largest absolute Gasteiger partial charge is 0.493 e. The van der Waals surface area contributed by atoms with E-state index in [9.17, 15) is 0 Å². The van der Waals surface area contributed by atoms with E-state index < -0.39 is 0 Å². The number of nitrogens with two attached hydrogens (primary N) is 1. The number of hydrogen-bond donors (Lipinski definition) is 1. The van der Waals surface area contributed by atoms with Crippen molar-refractivity contribution in [2.45, 2.75) is 45.1 Å². The van der Waals surface area contributed by atoms with Gasteiger partial charge in [-0.3, -0.25) is 0 Å². The van der Waals surface area contributed by atoms with Crippen LogP contribution in [0.25, 0.3) is 0 Å².